The van der Waals surface area contributed by atoms with Crippen molar-refractivity contribution < 1.29 is 0 Å². The molecule has 0 amide bonds. The van der Waals surface area contributed by atoms with Crippen molar-refractivity contribution in [3.05, 3.63) is 0 Å². The highest BCUT2D eigenvalue weighted by Crippen LogP contribution is 2.21. The molecule has 0 bridgehead atoms. The van der Waals surface area contributed by atoms with Crippen LogP contribution in [0.4, 0.5) is 0 Å². The van der Waals surface area contributed by atoms with E-state index in [0.717, 1.165) is 0 Å². The smallest absolute Gasteiger partial charge is 0.0150 e. The molecule has 0 radical (unpaired) electrons. The van der Waals surface area contributed by atoms with Gasteiger partial charge in [-0.2, -0.15) is 0 Å². The molecule has 0 atom stereocenters. The Morgan fingerprint density at radius 1 is 0.857 bits per heavy atom. The Morgan fingerprint density at radius 2 is 1.29 bits per heavy atom. The van der Waals surface area contributed by atoms with Crippen molar-refractivity contribution in [3.63, 3.8) is 0 Å². The third kappa shape index (κ3) is 6.42. The van der Waals surface area contributed by atoms with E-state index in [4.69, 9.17) is 0 Å². The number of rotatable bonds is 9. The summed E-state index contributed by atoms with van der Waals surface area (Å²) in [6.45, 7) is 6.92. The summed E-state index contributed by atoms with van der Waals surface area (Å²) in [6.07, 6.45) is 10.8. The van der Waals surface area contributed by atoms with Gasteiger partial charge < -0.3 is 5.32 Å². The van der Waals surface area contributed by atoms with Gasteiger partial charge in [0.25, 0.3) is 0 Å². The monoisotopic (exact) mass is 199 g/mol. The van der Waals surface area contributed by atoms with E-state index in [2.05, 4.69) is 33.1 Å². The highest BCUT2D eigenvalue weighted by molar-refractivity contribution is 4.80. The third-order valence-electron chi connectivity index (χ3n) is 3.27. The Kier molecular flexibility index (Phi) is 8.26. The largest absolute Gasteiger partial charge is 0.315 e. The maximum Gasteiger partial charge on any atom is 0.0150 e. The molecule has 0 saturated heterocycles. The standard InChI is InChI=1S/C13H29N/c1-5-7-9-11-13(3,14-4)12-10-8-6-2/h14H,5-12H2,1-4H3. The third-order valence-corrected chi connectivity index (χ3v) is 3.27. The second-order valence-corrected chi connectivity index (χ2v) is 4.72. The van der Waals surface area contributed by atoms with Crippen molar-refractivity contribution in [2.75, 3.05) is 7.05 Å². The van der Waals surface area contributed by atoms with Crippen LogP contribution in [0.1, 0.15) is 72.1 Å². The van der Waals surface area contributed by atoms with Gasteiger partial charge in [0.15, 0.2) is 0 Å². The zero-order valence-corrected chi connectivity index (χ0v) is 10.7. The minimum atomic E-state index is 0.393. The van der Waals surface area contributed by atoms with Crippen molar-refractivity contribution in [1.82, 2.24) is 5.32 Å². The predicted octanol–water partition coefficient (Wildman–Crippen LogP) is 4.13. The molecular weight excluding hydrogens is 170 g/mol. The van der Waals surface area contributed by atoms with E-state index in [1.54, 1.807) is 0 Å². The highest BCUT2D eigenvalue weighted by atomic mass is 14.9. The molecule has 1 heteroatoms. The van der Waals surface area contributed by atoms with Crippen LogP contribution in [0.2, 0.25) is 0 Å². The molecule has 0 unspecified atom stereocenters. The van der Waals surface area contributed by atoms with Crippen LogP contribution < -0.4 is 5.32 Å². The van der Waals surface area contributed by atoms with Crippen molar-refractivity contribution in [2.45, 2.75) is 77.7 Å². The van der Waals surface area contributed by atoms with E-state index in [0.29, 0.717) is 5.54 Å². The van der Waals surface area contributed by atoms with Crippen LogP contribution in [0.3, 0.4) is 0 Å². The van der Waals surface area contributed by atoms with Gasteiger partial charge in [-0.15, -0.1) is 0 Å². The molecular formula is C13H29N. The average Bonchev–Trinajstić information content (AvgIpc) is 2.19. The molecule has 0 rings (SSSR count). The fraction of sp³-hybridized carbons (Fsp3) is 1.00. The van der Waals surface area contributed by atoms with E-state index >= 15 is 0 Å². The Labute approximate surface area is 90.7 Å². The SMILES string of the molecule is CCCCCC(C)(CCCCC)NC. The molecule has 0 aliphatic heterocycles. The van der Waals surface area contributed by atoms with Crippen LogP contribution >= 0.6 is 0 Å². The zero-order valence-electron chi connectivity index (χ0n) is 10.7. The maximum absolute atomic E-state index is 3.50. The lowest BCUT2D eigenvalue weighted by atomic mass is 9.89. The van der Waals surface area contributed by atoms with Crippen LogP contribution in [0, 0.1) is 0 Å². The van der Waals surface area contributed by atoms with Crippen molar-refractivity contribution in [3.8, 4) is 0 Å². The molecule has 0 aliphatic rings. The van der Waals surface area contributed by atoms with Gasteiger partial charge in [-0.25, -0.2) is 0 Å². The van der Waals surface area contributed by atoms with Gasteiger partial charge in [0.2, 0.25) is 0 Å². The lowest BCUT2D eigenvalue weighted by Gasteiger charge is -2.29. The molecule has 0 saturated carbocycles. The molecule has 0 aromatic carbocycles. The Hall–Kier alpha value is -0.0400. The molecule has 86 valence electrons. The molecule has 1 N–H and O–H groups in total. The first-order chi connectivity index (χ1) is 6.68. The van der Waals surface area contributed by atoms with Crippen LogP contribution in [-0.2, 0) is 0 Å². The Morgan fingerprint density at radius 3 is 1.57 bits per heavy atom. The average molecular weight is 199 g/mol. The molecule has 0 aliphatic carbocycles. The maximum atomic E-state index is 3.50. The summed E-state index contributed by atoms with van der Waals surface area (Å²) < 4.78 is 0. The van der Waals surface area contributed by atoms with E-state index in [1.165, 1.54) is 51.4 Å². The van der Waals surface area contributed by atoms with Crippen molar-refractivity contribution in [2.24, 2.45) is 0 Å². The summed E-state index contributed by atoms with van der Waals surface area (Å²) in [4.78, 5) is 0. The number of unbranched alkanes of at least 4 members (excludes halogenated alkanes) is 4. The van der Waals surface area contributed by atoms with Gasteiger partial charge in [0.05, 0.1) is 0 Å². The highest BCUT2D eigenvalue weighted by Gasteiger charge is 2.19. The first-order valence-electron chi connectivity index (χ1n) is 6.37. The molecule has 0 spiro atoms. The molecule has 0 heterocycles. The van der Waals surface area contributed by atoms with E-state index in [1.807, 2.05) is 0 Å². The summed E-state index contributed by atoms with van der Waals surface area (Å²) >= 11 is 0. The summed E-state index contributed by atoms with van der Waals surface area (Å²) in [5.74, 6) is 0. The number of hydrogen-bond acceptors (Lipinski definition) is 1. The lowest BCUT2D eigenvalue weighted by molar-refractivity contribution is 0.309. The van der Waals surface area contributed by atoms with E-state index in [9.17, 15) is 0 Å². The summed E-state index contributed by atoms with van der Waals surface area (Å²) in [5, 5.41) is 3.50. The molecule has 14 heavy (non-hydrogen) atoms. The number of hydrogen-bond donors (Lipinski definition) is 1. The Balaban J connectivity index is 3.67. The zero-order chi connectivity index (χ0) is 10.9. The van der Waals surface area contributed by atoms with Gasteiger partial charge in [0, 0.05) is 5.54 Å². The van der Waals surface area contributed by atoms with E-state index in [-0.39, 0.29) is 0 Å². The van der Waals surface area contributed by atoms with Crippen molar-refractivity contribution in [1.29, 1.82) is 0 Å². The lowest BCUT2D eigenvalue weighted by Crippen LogP contribution is -2.39. The summed E-state index contributed by atoms with van der Waals surface area (Å²) in [6, 6.07) is 0. The van der Waals surface area contributed by atoms with Crippen LogP contribution in [0.5, 0.6) is 0 Å². The van der Waals surface area contributed by atoms with E-state index < -0.39 is 0 Å². The summed E-state index contributed by atoms with van der Waals surface area (Å²) in [5.41, 5.74) is 0.393. The molecule has 0 fully saturated rings. The van der Waals surface area contributed by atoms with Crippen LogP contribution in [0.25, 0.3) is 0 Å². The molecule has 1 nitrogen and oxygen atoms in total. The molecule has 0 aromatic heterocycles. The second kappa shape index (κ2) is 8.28. The fourth-order valence-corrected chi connectivity index (χ4v) is 1.91. The topological polar surface area (TPSA) is 12.0 Å². The second-order valence-electron chi connectivity index (χ2n) is 4.72. The van der Waals surface area contributed by atoms with Gasteiger partial charge in [-0.1, -0.05) is 52.4 Å². The van der Waals surface area contributed by atoms with Gasteiger partial charge >= 0.3 is 0 Å². The van der Waals surface area contributed by atoms with Gasteiger partial charge in [0.1, 0.15) is 0 Å². The normalized spacial score (nSPS) is 12.0. The van der Waals surface area contributed by atoms with Crippen molar-refractivity contribution >= 4 is 0 Å². The van der Waals surface area contributed by atoms with Crippen LogP contribution in [0.15, 0.2) is 0 Å². The Bertz CT molecular complexity index is 110. The minimum absolute atomic E-state index is 0.393. The first-order valence-corrected chi connectivity index (χ1v) is 6.37. The van der Waals surface area contributed by atoms with Gasteiger partial charge in [-0.3, -0.25) is 0 Å². The van der Waals surface area contributed by atoms with Gasteiger partial charge in [-0.05, 0) is 26.8 Å². The fourth-order valence-electron chi connectivity index (χ4n) is 1.91. The quantitative estimate of drug-likeness (QED) is 0.551. The van der Waals surface area contributed by atoms with Crippen LogP contribution in [-0.4, -0.2) is 12.6 Å². The number of nitrogens with one attached hydrogen (secondary N) is 1. The molecule has 0 aromatic rings. The first kappa shape index (κ1) is 14.0. The predicted molar refractivity (Wildman–Crippen MR) is 65.7 cm³/mol. The minimum Gasteiger partial charge on any atom is -0.315 e. The summed E-state index contributed by atoms with van der Waals surface area (Å²) in [7, 11) is 2.11.